The maximum atomic E-state index is 5.85. The van der Waals surface area contributed by atoms with Crippen LogP contribution in [0.4, 0.5) is 0 Å². The zero-order valence-corrected chi connectivity index (χ0v) is 10.4. The minimum Gasteiger partial charge on any atom is -0.494 e. The highest BCUT2D eigenvalue weighted by molar-refractivity contribution is 5.38. The third kappa shape index (κ3) is 2.63. The van der Waals surface area contributed by atoms with Crippen molar-refractivity contribution in [1.82, 2.24) is 5.32 Å². The minimum atomic E-state index is 0.685. The van der Waals surface area contributed by atoms with Gasteiger partial charge in [0.25, 0.3) is 0 Å². The highest BCUT2D eigenvalue weighted by Crippen LogP contribution is 2.26. The monoisotopic (exact) mass is 231 g/mol. The van der Waals surface area contributed by atoms with Gasteiger partial charge in [0, 0.05) is 6.04 Å². The van der Waals surface area contributed by atoms with E-state index in [9.17, 15) is 0 Å². The van der Waals surface area contributed by atoms with E-state index in [0.29, 0.717) is 6.04 Å². The molecule has 17 heavy (non-hydrogen) atoms. The summed E-state index contributed by atoms with van der Waals surface area (Å²) in [6, 6.07) is 7.30. The third-order valence-corrected chi connectivity index (χ3v) is 3.97. The molecule has 3 rings (SSSR count). The second-order valence-corrected chi connectivity index (χ2v) is 5.21. The van der Waals surface area contributed by atoms with Crippen molar-refractivity contribution in [1.29, 1.82) is 0 Å². The first-order chi connectivity index (χ1) is 8.42. The fourth-order valence-electron chi connectivity index (χ4n) is 2.96. The van der Waals surface area contributed by atoms with Gasteiger partial charge in [-0.1, -0.05) is 6.07 Å². The Kier molecular flexibility index (Phi) is 3.32. The largest absolute Gasteiger partial charge is 0.494 e. The fourth-order valence-corrected chi connectivity index (χ4v) is 2.96. The van der Waals surface area contributed by atoms with Crippen molar-refractivity contribution < 1.29 is 4.74 Å². The van der Waals surface area contributed by atoms with Crippen LogP contribution in [0.1, 0.15) is 36.8 Å². The van der Waals surface area contributed by atoms with Crippen LogP contribution < -0.4 is 10.1 Å². The van der Waals surface area contributed by atoms with Crippen LogP contribution in [0.5, 0.6) is 5.75 Å². The topological polar surface area (TPSA) is 21.3 Å². The summed E-state index contributed by atoms with van der Waals surface area (Å²) < 4.78 is 5.85. The SMILES string of the molecule is c1cc2c(cc1OCCC1CCCN1)CCC2. The van der Waals surface area contributed by atoms with E-state index < -0.39 is 0 Å². The van der Waals surface area contributed by atoms with Gasteiger partial charge in [-0.2, -0.15) is 0 Å². The molecule has 1 fully saturated rings. The van der Waals surface area contributed by atoms with E-state index in [1.54, 1.807) is 0 Å². The van der Waals surface area contributed by atoms with Crippen molar-refractivity contribution in [3.8, 4) is 5.75 Å². The molecule has 2 nitrogen and oxygen atoms in total. The molecule has 0 radical (unpaired) electrons. The van der Waals surface area contributed by atoms with Gasteiger partial charge in [-0.25, -0.2) is 0 Å². The van der Waals surface area contributed by atoms with Crippen molar-refractivity contribution in [2.45, 2.75) is 44.6 Å². The minimum absolute atomic E-state index is 0.685. The van der Waals surface area contributed by atoms with Crippen LogP contribution >= 0.6 is 0 Å². The summed E-state index contributed by atoms with van der Waals surface area (Å²) in [5.74, 6) is 1.06. The van der Waals surface area contributed by atoms with Gasteiger partial charge < -0.3 is 10.1 Å². The molecule has 0 aromatic heterocycles. The van der Waals surface area contributed by atoms with Gasteiger partial charge in [0.15, 0.2) is 0 Å². The zero-order valence-electron chi connectivity index (χ0n) is 10.4. The molecule has 1 atom stereocenters. The average molecular weight is 231 g/mol. The van der Waals surface area contributed by atoms with Crippen molar-refractivity contribution in [3.63, 3.8) is 0 Å². The third-order valence-electron chi connectivity index (χ3n) is 3.97. The van der Waals surface area contributed by atoms with Gasteiger partial charge in [0.1, 0.15) is 5.75 Å². The molecule has 1 N–H and O–H groups in total. The number of rotatable bonds is 4. The van der Waals surface area contributed by atoms with E-state index in [-0.39, 0.29) is 0 Å². The number of hydrogen-bond acceptors (Lipinski definition) is 2. The summed E-state index contributed by atoms with van der Waals surface area (Å²) in [6.07, 6.45) is 7.57. The molecule has 0 spiro atoms. The standard InChI is InChI=1S/C15H21NO/c1-3-12-6-7-15(11-13(12)4-1)17-10-8-14-5-2-9-16-14/h6-7,11,14,16H,1-5,8-10H2. The Morgan fingerprint density at radius 3 is 3.00 bits per heavy atom. The first kappa shape index (κ1) is 11.1. The van der Waals surface area contributed by atoms with Crippen molar-refractivity contribution in [2.24, 2.45) is 0 Å². The van der Waals surface area contributed by atoms with Gasteiger partial charge in [-0.05, 0) is 68.3 Å². The zero-order chi connectivity index (χ0) is 11.5. The Hall–Kier alpha value is -1.02. The van der Waals surface area contributed by atoms with E-state index in [0.717, 1.165) is 18.8 Å². The molecular formula is C15H21NO. The summed E-state index contributed by atoms with van der Waals surface area (Å²) in [5.41, 5.74) is 3.02. The normalized spacial score (nSPS) is 22.7. The van der Waals surface area contributed by atoms with E-state index in [4.69, 9.17) is 4.74 Å². The Balaban J connectivity index is 1.51. The number of nitrogens with one attached hydrogen (secondary N) is 1. The summed E-state index contributed by atoms with van der Waals surface area (Å²) in [7, 11) is 0. The molecule has 0 bridgehead atoms. The number of ether oxygens (including phenoxy) is 1. The summed E-state index contributed by atoms with van der Waals surface area (Å²) >= 11 is 0. The lowest BCUT2D eigenvalue weighted by Gasteiger charge is -2.12. The van der Waals surface area contributed by atoms with E-state index >= 15 is 0 Å². The highest BCUT2D eigenvalue weighted by Gasteiger charge is 2.14. The quantitative estimate of drug-likeness (QED) is 0.860. The predicted molar refractivity (Wildman–Crippen MR) is 69.6 cm³/mol. The first-order valence-electron chi connectivity index (χ1n) is 6.90. The number of hydrogen-bond donors (Lipinski definition) is 1. The molecule has 2 heteroatoms. The maximum Gasteiger partial charge on any atom is 0.119 e. The molecule has 1 aromatic carbocycles. The molecule has 92 valence electrons. The average Bonchev–Trinajstić information content (AvgIpc) is 2.98. The van der Waals surface area contributed by atoms with E-state index in [1.807, 2.05) is 0 Å². The lowest BCUT2D eigenvalue weighted by Crippen LogP contribution is -2.23. The smallest absolute Gasteiger partial charge is 0.119 e. The van der Waals surface area contributed by atoms with Crippen LogP contribution in [0.3, 0.4) is 0 Å². The second-order valence-electron chi connectivity index (χ2n) is 5.21. The van der Waals surface area contributed by atoms with Gasteiger partial charge >= 0.3 is 0 Å². The van der Waals surface area contributed by atoms with Gasteiger partial charge in [0.2, 0.25) is 0 Å². The highest BCUT2D eigenvalue weighted by atomic mass is 16.5. The summed E-state index contributed by atoms with van der Waals surface area (Å²) in [6.45, 7) is 2.03. The number of aryl methyl sites for hydroxylation is 2. The summed E-state index contributed by atoms with van der Waals surface area (Å²) in [4.78, 5) is 0. The van der Waals surface area contributed by atoms with Crippen molar-refractivity contribution >= 4 is 0 Å². The lowest BCUT2D eigenvalue weighted by atomic mass is 10.1. The van der Waals surface area contributed by atoms with Crippen LogP contribution in [-0.4, -0.2) is 19.2 Å². The fraction of sp³-hybridized carbons (Fsp3) is 0.600. The maximum absolute atomic E-state index is 5.85. The van der Waals surface area contributed by atoms with Gasteiger partial charge in [-0.15, -0.1) is 0 Å². The molecule has 0 amide bonds. The van der Waals surface area contributed by atoms with Crippen LogP contribution in [0.25, 0.3) is 0 Å². The van der Waals surface area contributed by atoms with Crippen LogP contribution in [0.15, 0.2) is 18.2 Å². The molecule has 1 unspecified atom stereocenters. The van der Waals surface area contributed by atoms with Crippen LogP contribution in [0.2, 0.25) is 0 Å². The van der Waals surface area contributed by atoms with E-state index in [1.165, 1.54) is 49.8 Å². The number of benzene rings is 1. The number of fused-ring (bicyclic) bond motifs is 1. The van der Waals surface area contributed by atoms with Gasteiger partial charge in [0.05, 0.1) is 6.61 Å². The molecule has 1 heterocycles. The van der Waals surface area contributed by atoms with Crippen molar-refractivity contribution in [2.75, 3.05) is 13.2 Å². The summed E-state index contributed by atoms with van der Waals surface area (Å²) in [5, 5.41) is 3.50. The Labute approximate surface area is 103 Å². The molecule has 1 aromatic rings. The van der Waals surface area contributed by atoms with Gasteiger partial charge in [-0.3, -0.25) is 0 Å². The lowest BCUT2D eigenvalue weighted by molar-refractivity contribution is 0.292. The molecule has 2 aliphatic rings. The molecular weight excluding hydrogens is 210 g/mol. The van der Waals surface area contributed by atoms with Crippen molar-refractivity contribution in [3.05, 3.63) is 29.3 Å². The first-order valence-corrected chi connectivity index (χ1v) is 6.90. The Morgan fingerprint density at radius 1 is 1.18 bits per heavy atom. The van der Waals surface area contributed by atoms with E-state index in [2.05, 4.69) is 23.5 Å². The van der Waals surface area contributed by atoms with Crippen LogP contribution in [-0.2, 0) is 12.8 Å². The molecule has 1 aliphatic heterocycles. The van der Waals surface area contributed by atoms with Crippen LogP contribution in [0, 0.1) is 0 Å². The molecule has 1 saturated heterocycles. The Bertz CT molecular complexity index is 383. The second kappa shape index (κ2) is 5.09. The predicted octanol–water partition coefficient (Wildman–Crippen LogP) is 2.70. The molecule has 0 saturated carbocycles. The Morgan fingerprint density at radius 2 is 2.12 bits per heavy atom. The molecule has 1 aliphatic carbocycles.